The molecule has 0 radical (unpaired) electrons. The van der Waals surface area contributed by atoms with Gasteiger partial charge in [-0.25, -0.2) is 0 Å². The Hall–Kier alpha value is -3.69. The highest BCUT2D eigenvalue weighted by Crippen LogP contribution is 2.40. The van der Waals surface area contributed by atoms with Gasteiger partial charge in [-0.05, 0) is 84.2 Å². The molecule has 3 aliphatic rings. The highest BCUT2D eigenvalue weighted by molar-refractivity contribution is 6.00. The van der Waals surface area contributed by atoms with E-state index in [1.807, 2.05) is 0 Å². The number of nitrogens with zero attached hydrogens (tertiary/aromatic N) is 1. The molecule has 2 aliphatic heterocycles. The van der Waals surface area contributed by atoms with E-state index in [4.69, 9.17) is 4.99 Å². The molecule has 3 heterocycles. The molecular formula is C35H37N3. The van der Waals surface area contributed by atoms with Crippen molar-refractivity contribution in [2.45, 2.75) is 46.5 Å². The number of aliphatic imine (C=N–C) groups is 1. The van der Waals surface area contributed by atoms with Gasteiger partial charge in [0.15, 0.2) is 0 Å². The lowest BCUT2D eigenvalue weighted by molar-refractivity contribution is 0.829. The minimum absolute atomic E-state index is 0.285. The summed E-state index contributed by atoms with van der Waals surface area (Å²) in [5.41, 5.74) is 14.0. The Morgan fingerprint density at radius 2 is 1.84 bits per heavy atom. The predicted molar refractivity (Wildman–Crippen MR) is 163 cm³/mol. The van der Waals surface area contributed by atoms with Gasteiger partial charge in [0.05, 0.1) is 5.70 Å². The van der Waals surface area contributed by atoms with Crippen LogP contribution in [0, 0.1) is 5.92 Å². The lowest BCUT2D eigenvalue weighted by Crippen LogP contribution is -2.07. The Kier molecular flexibility index (Phi) is 6.86. The number of hydrogen-bond acceptors (Lipinski definition) is 2. The summed E-state index contributed by atoms with van der Waals surface area (Å²) in [6.07, 6.45) is 18.0. The summed E-state index contributed by atoms with van der Waals surface area (Å²) < 4.78 is 0. The van der Waals surface area contributed by atoms with Crippen LogP contribution in [-0.2, 0) is 6.42 Å². The lowest BCUT2D eigenvalue weighted by atomic mass is 9.89. The second kappa shape index (κ2) is 10.6. The standard InChI is InChI=1S/C35H37N3/c1-4-30-20-32-31(26-14-12-25(13-15-26)28-16-17-36-22-28)18-29(19-33(32)38-30)35-34(24(3)21-37-35)27-10-6-5-8-23(2)9-7-11-27/h7,9-16,18-21,24,36,38H,4-6,8,17,22H2,1-3H3/b11-7-,23-9+,27-10+. The van der Waals surface area contributed by atoms with E-state index in [0.717, 1.165) is 38.0 Å². The summed E-state index contributed by atoms with van der Waals surface area (Å²) in [5, 5.41) is 4.69. The lowest BCUT2D eigenvalue weighted by Gasteiger charge is -2.14. The Morgan fingerprint density at radius 3 is 2.63 bits per heavy atom. The smallest absolute Gasteiger partial charge is 0.0743 e. The molecule has 3 heteroatoms. The van der Waals surface area contributed by atoms with Crippen LogP contribution in [-0.4, -0.2) is 24.3 Å². The van der Waals surface area contributed by atoms with Gasteiger partial charge in [0.1, 0.15) is 0 Å². The maximum atomic E-state index is 5.01. The molecule has 0 fully saturated rings. The number of benzene rings is 2. The third kappa shape index (κ3) is 4.79. The van der Waals surface area contributed by atoms with E-state index in [9.17, 15) is 0 Å². The molecule has 0 saturated heterocycles. The first-order valence-corrected chi connectivity index (χ1v) is 14.1. The molecule has 1 aromatic heterocycles. The SMILES string of the molecule is CCc1cc2c(-c3ccc(C4=CCNC4)cc3)cc(C3=C(C4=C/CCC/C(C)=C/C=C\4)C(C)C=N3)cc2[nH]1. The predicted octanol–water partition coefficient (Wildman–Crippen LogP) is 8.43. The first-order chi connectivity index (χ1) is 18.6. The number of aromatic amines is 1. The molecule has 38 heavy (non-hydrogen) atoms. The molecule has 6 rings (SSSR count). The molecule has 2 N–H and O–H groups in total. The number of rotatable bonds is 5. The fraction of sp³-hybridized carbons (Fsp3) is 0.286. The molecule has 1 unspecified atom stereocenters. The minimum Gasteiger partial charge on any atom is -0.358 e. The number of aryl methyl sites for hydroxylation is 1. The first-order valence-electron chi connectivity index (χ1n) is 14.1. The number of nitrogens with one attached hydrogen (secondary N) is 2. The number of hydrogen-bond donors (Lipinski definition) is 2. The second-order valence-corrected chi connectivity index (χ2v) is 10.8. The van der Waals surface area contributed by atoms with Gasteiger partial charge < -0.3 is 10.3 Å². The fourth-order valence-corrected chi connectivity index (χ4v) is 5.90. The van der Waals surface area contributed by atoms with Crippen LogP contribution in [0.3, 0.4) is 0 Å². The Balaban J connectivity index is 1.48. The van der Waals surface area contributed by atoms with Gasteiger partial charge in [-0.2, -0.15) is 0 Å². The summed E-state index contributed by atoms with van der Waals surface area (Å²) in [5.74, 6) is 0.285. The van der Waals surface area contributed by atoms with Crippen molar-refractivity contribution in [1.29, 1.82) is 0 Å². The van der Waals surface area contributed by atoms with Gasteiger partial charge in [-0.15, -0.1) is 0 Å². The van der Waals surface area contributed by atoms with Gasteiger partial charge in [-0.1, -0.05) is 74.1 Å². The zero-order chi connectivity index (χ0) is 26.1. The van der Waals surface area contributed by atoms with E-state index in [2.05, 4.69) is 110 Å². The maximum absolute atomic E-state index is 5.01. The third-order valence-corrected chi connectivity index (χ3v) is 8.07. The summed E-state index contributed by atoms with van der Waals surface area (Å²) in [7, 11) is 0. The number of H-pyrrole nitrogens is 1. The van der Waals surface area contributed by atoms with E-state index in [1.54, 1.807) is 0 Å². The monoisotopic (exact) mass is 499 g/mol. The highest BCUT2D eigenvalue weighted by Gasteiger charge is 2.23. The Morgan fingerprint density at radius 1 is 1.00 bits per heavy atom. The molecule has 0 spiro atoms. The van der Waals surface area contributed by atoms with Gasteiger partial charge in [0, 0.05) is 47.4 Å². The van der Waals surface area contributed by atoms with Crippen molar-refractivity contribution in [3.05, 3.63) is 106 Å². The molecule has 0 amide bonds. The van der Waals surface area contributed by atoms with Crippen LogP contribution >= 0.6 is 0 Å². The molecular weight excluding hydrogens is 462 g/mol. The molecule has 1 atom stereocenters. The molecule has 0 saturated carbocycles. The van der Waals surface area contributed by atoms with Crippen molar-refractivity contribution in [2.75, 3.05) is 13.1 Å². The topological polar surface area (TPSA) is 40.2 Å². The summed E-state index contributed by atoms with van der Waals surface area (Å²) in [4.78, 5) is 8.69. The van der Waals surface area contributed by atoms with Crippen molar-refractivity contribution in [1.82, 2.24) is 10.3 Å². The molecule has 3 nitrogen and oxygen atoms in total. The van der Waals surface area contributed by atoms with Crippen molar-refractivity contribution in [2.24, 2.45) is 10.9 Å². The van der Waals surface area contributed by atoms with Crippen LogP contribution in [0.1, 0.15) is 56.9 Å². The minimum atomic E-state index is 0.285. The van der Waals surface area contributed by atoms with E-state index < -0.39 is 0 Å². The van der Waals surface area contributed by atoms with E-state index in [-0.39, 0.29) is 5.92 Å². The van der Waals surface area contributed by atoms with Gasteiger partial charge in [-0.3, -0.25) is 4.99 Å². The third-order valence-electron chi connectivity index (χ3n) is 8.07. The summed E-state index contributed by atoms with van der Waals surface area (Å²) >= 11 is 0. The van der Waals surface area contributed by atoms with Crippen LogP contribution in [0.15, 0.2) is 94.6 Å². The van der Waals surface area contributed by atoms with Crippen LogP contribution in [0.25, 0.3) is 33.3 Å². The average molecular weight is 500 g/mol. The molecule has 2 aromatic carbocycles. The molecule has 1 aliphatic carbocycles. The van der Waals surface area contributed by atoms with Crippen molar-refractivity contribution in [3.63, 3.8) is 0 Å². The van der Waals surface area contributed by atoms with Crippen LogP contribution in [0.2, 0.25) is 0 Å². The zero-order valence-electron chi connectivity index (χ0n) is 22.8. The molecule has 3 aromatic rings. The van der Waals surface area contributed by atoms with Crippen molar-refractivity contribution >= 4 is 28.4 Å². The van der Waals surface area contributed by atoms with E-state index >= 15 is 0 Å². The summed E-state index contributed by atoms with van der Waals surface area (Å²) in [6, 6.07) is 16.1. The normalized spacial score (nSPS) is 23.4. The average Bonchev–Trinajstić information content (AvgIpc) is 3.69. The Bertz CT molecular complexity index is 1550. The number of allylic oxidation sites excluding steroid dienone is 7. The van der Waals surface area contributed by atoms with Crippen LogP contribution in [0.5, 0.6) is 0 Å². The maximum Gasteiger partial charge on any atom is 0.0743 e. The van der Waals surface area contributed by atoms with Gasteiger partial charge in [0.2, 0.25) is 0 Å². The van der Waals surface area contributed by atoms with Crippen molar-refractivity contribution < 1.29 is 0 Å². The Labute approximate surface area is 226 Å². The van der Waals surface area contributed by atoms with Gasteiger partial charge >= 0.3 is 0 Å². The summed E-state index contributed by atoms with van der Waals surface area (Å²) in [6.45, 7) is 8.61. The first kappa shape index (κ1) is 24.6. The van der Waals surface area contributed by atoms with Gasteiger partial charge in [0.25, 0.3) is 0 Å². The fourth-order valence-electron chi connectivity index (χ4n) is 5.90. The van der Waals surface area contributed by atoms with E-state index in [0.29, 0.717) is 0 Å². The van der Waals surface area contributed by atoms with Crippen molar-refractivity contribution in [3.8, 4) is 11.1 Å². The number of aromatic nitrogens is 1. The number of fused-ring (bicyclic) bond motifs is 1. The molecule has 192 valence electrons. The van der Waals surface area contributed by atoms with Crippen LogP contribution < -0.4 is 5.32 Å². The quantitative estimate of drug-likeness (QED) is 0.363. The second-order valence-electron chi connectivity index (χ2n) is 10.8. The largest absolute Gasteiger partial charge is 0.358 e. The zero-order valence-corrected chi connectivity index (χ0v) is 22.8. The molecule has 0 bridgehead atoms. The van der Waals surface area contributed by atoms with E-state index in [1.165, 1.54) is 67.6 Å². The van der Waals surface area contributed by atoms with Crippen LogP contribution in [0.4, 0.5) is 0 Å². The highest BCUT2D eigenvalue weighted by atomic mass is 14.9.